The largest absolute Gasteiger partial charge is 0.455 e. The summed E-state index contributed by atoms with van der Waals surface area (Å²) in [5.74, 6) is -3.85. The van der Waals surface area contributed by atoms with Crippen LogP contribution in [-0.4, -0.2) is 93.5 Å². The highest BCUT2D eigenvalue weighted by atomic mass is 79.9. The molecule has 1 unspecified atom stereocenters. The minimum Gasteiger partial charge on any atom is -0.455 e. The number of hydrogen-bond donors (Lipinski definition) is 1. The number of carbonyl (C=O) groups excluding carboxylic acids is 4. The van der Waals surface area contributed by atoms with Gasteiger partial charge in [0.05, 0.1) is 47.3 Å². The summed E-state index contributed by atoms with van der Waals surface area (Å²) >= 11 is 10.3. The van der Waals surface area contributed by atoms with E-state index in [0.29, 0.717) is 22.7 Å². The Labute approximate surface area is 300 Å². The van der Waals surface area contributed by atoms with E-state index in [0.717, 1.165) is 0 Å². The Morgan fingerprint density at radius 1 is 1.14 bits per heavy atom. The predicted molar refractivity (Wildman–Crippen MR) is 190 cm³/mol. The van der Waals surface area contributed by atoms with Crippen molar-refractivity contribution in [3.63, 3.8) is 0 Å². The zero-order valence-electron chi connectivity index (χ0n) is 27.9. The average Bonchev–Trinajstić information content (AvgIpc) is 3.71. The van der Waals surface area contributed by atoms with Gasteiger partial charge in [0.1, 0.15) is 17.7 Å². The summed E-state index contributed by atoms with van der Waals surface area (Å²) in [6.07, 6.45) is 2.65. The number of likely N-dealkylation sites (tertiary alicyclic amines) is 1. The minimum atomic E-state index is -1.40. The number of esters is 1. The third-order valence-electron chi connectivity index (χ3n) is 10.1. The number of benzene rings is 2. The molecule has 5 rings (SSSR count). The Balaban J connectivity index is 1.53. The van der Waals surface area contributed by atoms with Gasteiger partial charge >= 0.3 is 5.97 Å². The number of likely N-dealkylation sites (N-methyl/N-ethyl adjacent to an activating group) is 1. The van der Waals surface area contributed by atoms with Crippen LogP contribution in [0.15, 0.2) is 79.9 Å². The van der Waals surface area contributed by atoms with E-state index in [4.69, 9.17) is 21.1 Å². The number of para-hydroxylation sites is 1. The molecule has 2 aromatic rings. The number of aliphatic hydroxyl groups excluding tert-OH is 1. The molecule has 9 atom stereocenters. The van der Waals surface area contributed by atoms with Crippen molar-refractivity contribution < 1.29 is 33.8 Å². The van der Waals surface area contributed by atoms with E-state index >= 15 is 0 Å². The van der Waals surface area contributed by atoms with E-state index in [9.17, 15) is 24.3 Å². The molecule has 0 aromatic heterocycles. The van der Waals surface area contributed by atoms with Crippen molar-refractivity contribution in [3.05, 3.63) is 90.5 Å². The van der Waals surface area contributed by atoms with E-state index in [2.05, 4.69) is 29.1 Å². The first-order valence-electron chi connectivity index (χ1n) is 16.5. The molecule has 3 aliphatic heterocycles. The molecule has 1 spiro atoms. The van der Waals surface area contributed by atoms with Gasteiger partial charge in [-0.25, -0.2) is 0 Å². The molecular weight excluding hydrogens is 714 g/mol. The number of nitrogens with zero attached hydrogens (tertiary/aromatic N) is 3. The van der Waals surface area contributed by atoms with Gasteiger partial charge in [0.25, 0.3) is 5.91 Å². The van der Waals surface area contributed by atoms with Gasteiger partial charge in [-0.3, -0.25) is 19.2 Å². The van der Waals surface area contributed by atoms with Crippen LogP contribution in [0, 0.1) is 11.8 Å². The molecule has 3 saturated heterocycles. The second-order valence-electron chi connectivity index (χ2n) is 13.0. The van der Waals surface area contributed by atoms with Crippen LogP contribution >= 0.6 is 27.5 Å². The second kappa shape index (κ2) is 15.2. The molecule has 3 heterocycles. The van der Waals surface area contributed by atoms with Crippen LogP contribution in [-0.2, 0) is 28.7 Å². The van der Waals surface area contributed by atoms with Crippen LogP contribution in [0.4, 0.5) is 5.69 Å². The number of aliphatic hydroxyl groups is 1. The molecule has 49 heavy (non-hydrogen) atoms. The summed E-state index contributed by atoms with van der Waals surface area (Å²) in [5, 5.41) is 10.6. The number of amides is 3. The number of hydrogen-bond acceptors (Lipinski definition) is 7. The van der Waals surface area contributed by atoms with E-state index in [1.165, 1.54) is 9.80 Å². The zero-order chi connectivity index (χ0) is 35.6. The van der Waals surface area contributed by atoms with Gasteiger partial charge in [-0.05, 0) is 44.4 Å². The number of halogens is 2. The van der Waals surface area contributed by atoms with Crippen LogP contribution in [0.3, 0.4) is 0 Å². The summed E-state index contributed by atoms with van der Waals surface area (Å²) in [4.78, 5) is 60.7. The number of alkyl halides is 1. The first-order chi connectivity index (χ1) is 23.4. The normalized spacial score (nSPS) is 27.2. The monoisotopic (exact) mass is 755 g/mol. The molecule has 0 aliphatic carbocycles. The molecule has 2 bridgehead atoms. The van der Waals surface area contributed by atoms with Gasteiger partial charge in [-0.2, -0.15) is 0 Å². The third-order valence-corrected chi connectivity index (χ3v) is 11.2. The fourth-order valence-corrected chi connectivity index (χ4v) is 8.74. The molecule has 3 fully saturated rings. The molecule has 10 nitrogen and oxygen atoms in total. The van der Waals surface area contributed by atoms with Gasteiger partial charge in [0, 0.05) is 24.8 Å². The lowest BCUT2D eigenvalue weighted by Crippen LogP contribution is -2.58. The SMILES string of the molecule is C=CCCC(=O)N(C)[C@H](C)[C@H](OC(=O)[C@H]1[C@@H]2O[C@@]3(CC2Br)[C@@H]1C(=O)N([C@H](C)CO)[C@@H]3C(=O)N(CC=C)c1ccccc1Cl)c1ccccc1. The lowest BCUT2D eigenvalue weighted by molar-refractivity contribution is -0.165. The van der Waals surface area contributed by atoms with Crippen LogP contribution in [0.25, 0.3) is 0 Å². The van der Waals surface area contributed by atoms with Crippen LogP contribution in [0.5, 0.6) is 0 Å². The topological polar surface area (TPSA) is 117 Å². The Morgan fingerprint density at radius 2 is 1.82 bits per heavy atom. The smallest absolute Gasteiger partial charge is 0.313 e. The van der Waals surface area contributed by atoms with E-state index in [-0.39, 0.29) is 30.1 Å². The summed E-state index contributed by atoms with van der Waals surface area (Å²) in [6.45, 7) is 10.7. The highest BCUT2D eigenvalue weighted by Crippen LogP contribution is 2.61. The average molecular weight is 757 g/mol. The molecule has 3 aliphatic rings. The standard InChI is InChI=1S/C37H43BrClN3O7/c1-6-8-18-28(44)40(5)23(4)31(24-14-10-9-11-15-24)48-36(47)29-30-34(45)42(22(3)21-43)33(37(30)20-25(38)32(29)49-37)35(46)41(19-7-2)27-17-13-12-16-26(27)39/h6-7,9-17,22-23,25,29-33,43H,1-2,8,18-21H2,3-5H3/t22-,23-,25?,29-,30+,31+,32-,33-,37+/m1/s1. The van der Waals surface area contributed by atoms with Crippen molar-refractivity contribution in [2.45, 2.75) is 73.9 Å². The molecule has 12 heteroatoms. The highest BCUT2D eigenvalue weighted by molar-refractivity contribution is 9.09. The zero-order valence-corrected chi connectivity index (χ0v) is 30.3. The Morgan fingerprint density at radius 3 is 2.45 bits per heavy atom. The fourth-order valence-electron chi connectivity index (χ4n) is 7.56. The first-order valence-corrected chi connectivity index (χ1v) is 17.8. The molecule has 262 valence electrons. The number of ether oxygens (including phenoxy) is 2. The van der Waals surface area contributed by atoms with E-state index in [1.807, 2.05) is 37.3 Å². The minimum absolute atomic E-state index is 0.0949. The lowest BCUT2D eigenvalue weighted by Gasteiger charge is -2.38. The lowest BCUT2D eigenvalue weighted by atomic mass is 9.70. The highest BCUT2D eigenvalue weighted by Gasteiger charge is 2.77. The molecule has 1 N–H and O–H groups in total. The second-order valence-corrected chi connectivity index (χ2v) is 14.6. The Kier molecular flexibility index (Phi) is 11.4. The van der Waals surface area contributed by atoms with Crippen molar-refractivity contribution in [2.75, 3.05) is 25.1 Å². The van der Waals surface area contributed by atoms with Crippen molar-refractivity contribution in [2.24, 2.45) is 11.8 Å². The maximum absolute atomic E-state index is 14.7. The van der Waals surface area contributed by atoms with E-state index in [1.54, 1.807) is 55.3 Å². The first kappa shape index (κ1) is 36.8. The molecular formula is C37H43BrClN3O7. The molecule has 2 aromatic carbocycles. The summed E-state index contributed by atoms with van der Waals surface area (Å²) in [5.41, 5.74) is -0.281. The fraction of sp³-hybridized carbons (Fsp3) is 0.459. The Bertz CT molecular complexity index is 1590. The number of carbonyl (C=O) groups is 4. The molecule has 0 radical (unpaired) electrons. The van der Waals surface area contributed by atoms with Gasteiger partial charge in [-0.15, -0.1) is 13.2 Å². The maximum atomic E-state index is 14.7. The van der Waals surface area contributed by atoms with Gasteiger partial charge < -0.3 is 29.3 Å². The van der Waals surface area contributed by atoms with Crippen molar-refractivity contribution >= 4 is 56.9 Å². The summed E-state index contributed by atoms with van der Waals surface area (Å²) in [7, 11) is 1.67. The number of fused-ring (bicyclic) bond motifs is 1. The predicted octanol–water partition coefficient (Wildman–Crippen LogP) is 5.09. The van der Waals surface area contributed by atoms with Gasteiger partial charge in [0.2, 0.25) is 11.8 Å². The maximum Gasteiger partial charge on any atom is 0.313 e. The van der Waals surface area contributed by atoms with E-state index < -0.39 is 72.2 Å². The van der Waals surface area contributed by atoms with Crippen LogP contribution in [0.2, 0.25) is 5.02 Å². The third kappa shape index (κ3) is 6.58. The van der Waals surface area contributed by atoms with Crippen LogP contribution in [0.1, 0.15) is 44.8 Å². The van der Waals surface area contributed by atoms with Crippen molar-refractivity contribution in [1.29, 1.82) is 0 Å². The van der Waals surface area contributed by atoms with Crippen molar-refractivity contribution in [1.82, 2.24) is 9.80 Å². The van der Waals surface area contributed by atoms with Gasteiger partial charge in [0.15, 0.2) is 0 Å². The Hall–Kier alpha value is -3.51. The van der Waals surface area contributed by atoms with Gasteiger partial charge in [-0.1, -0.05) is 82.1 Å². The number of anilines is 1. The number of rotatable bonds is 14. The van der Waals surface area contributed by atoms with Crippen molar-refractivity contribution in [3.8, 4) is 0 Å². The van der Waals surface area contributed by atoms with Crippen LogP contribution < -0.4 is 4.90 Å². The number of allylic oxidation sites excluding steroid dienone is 1. The molecule has 3 amide bonds. The summed E-state index contributed by atoms with van der Waals surface area (Å²) in [6, 6.07) is 13.5. The quantitative estimate of drug-likeness (QED) is 0.162. The summed E-state index contributed by atoms with van der Waals surface area (Å²) < 4.78 is 13.0. The molecule has 0 saturated carbocycles.